The fraction of sp³-hybridized carbons (Fsp3) is 0.500. The Morgan fingerprint density at radius 1 is 1.17 bits per heavy atom. The lowest BCUT2D eigenvalue weighted by atomic mass is 9.91. The largest absolute Gasteiger partial charge is 0.328 e. The van der Waals surface area contributed by atoms with Gasteiger partial charge >= 0.3 is 0 Å². The summed E-state index contributed by atoms with van der Waals surface area (Å²) in [5.41, 5.74) is 8.28. The molecule has 1 fully saturated rings. The van der Waals surface area contributed by atoms with Crippen molar-refractivity contribution >= 4 is 0 Å². The molecule has 1 atom stereocenters. The Bertz CT molecular complexity index is 612. The molecule has 0 bridgehead atoms. The Hall–Kier alpha value is -1.72. The SMILES string of the molecule is CC(N)C1CCN(Cc2cnn(Cc3ccc(F)cc3)c2)CC1. The first kappa shape index (κ1) is 16.1. The van der Waals surface area contributed by atoms with Crippen molar-refractivity contribution in [1.29, 1.82) is 0 Å². The molecular weight excluding hydrogens is 291 g/mol. The third-order valence-electron chi connectivity index (χ3n) is 4.73. The molecule has 2 heterocycles. The molecule has 4 nitrogen and oxygen atoms in total. The van der Waals surface area contributed by atoms with E-state index in [-0.39, 0.29) is 5.82 Å². The van der Waals surface area contributed by atoms with Crippen molar-refractivity contribution in [2.75, 3.05) is 13.1 Å². The summed E-state index contributed by atoms with van der Waals surface area (Å²) in [6.07, 6.45) is 6.38. The highest BCUT2D eigenvalue weighted by molar-refractivity contribution is 5.16. The molecule has 0 radical (unpaired) electrons. The number of nitrogens with two attached hydrogens (primary N) is 1. The summed E-state index contributed by atoms with van der Waals surface area (Å²) in [4.78, 5) is 2.47. The molecule has 1 unspecified atom stereocenters. The van der Waals surface area contributed by atoms with Crippen LogP contribution in [0.1, 0.15) is 30.9 Å². The first-order valence-electron chi connectivity index (χ1n) is 8.34. The second-order valence-electron chi connectivity index (χ2n) is 6.65. The number of aromatic nitrogens is 2. The van der Waals surface area contributed by atoms with Crippen molar-refractivity contribution in [3.63, 3.8) is 0 Å². The number of rotatable bonds is 5. The first-order valence-corrected chi connectivity index (χ1v) is 8.34. The Morgan fingerprint density at radius 3 is 2.52 bits per heavy atom. The molecular formula is C18H25FN4. The zero-order chi connectivity index (χ0) is 16.2. The monoisotopic (exact) mass is 316 g/mol. The number of likely N-dealkylation sites (tertiary alicyclic amines) is 1. The predicted molar refractivity (Wildman–Crippen MR) is 89.4 cm³/mol. The summed E-state index contributed by atoms with van der Waals surface area (Å²) >= 11 is 0. The van der Waals surface area contributed by atoms with Gasteiger partial charge in [0.25, 0.3) is 0 Å². The maximum Gasteiger partial charge on any atom is 0.123 e. The first-order chi connectivity index (χ1) is 11.1. The molecule has 2 aromatic rings. The van der Waals surface area contributed by atoms with E-state index in [1.807, 2.05) is 10.9 Å². The van der Waals surface area contributed by atoms with E-state index in [0.717, 1.165) is 25.2 Å². The smallest absolute Gasteiger partial charge is 0.123 e. The highest BCUT2D eigenvalue weighted by Crippen LogP contribution is 2.21. The number of nitrogens with zero attached hydrogens (tertiary/aromatic N) is 3. The molecule has 0 amide bonds. The fourth-order valence-corrected chi connectivity index (χ4v) is 3.25. The third kappa shape index (κ3) is 4.39. The number of benzene rings is 1. The van der Waals surface area contributed by atoms with Gasteiger partial charge < -0.3 is 5.73 Å². The molecule has 1 aliphatic heterocycles. The Morgan fingerprint density at radius 2 is 1.87 bits per heavy atom. The normalized spacial score (nSPS) is 18.2. The van der Waals surface area contributed by atoms with E-state index < -0.39 is 0 Å². The molecule has 0 spiro atoms. The summed E-state index contributed by atoms with van der Waals surface area (Å²) < 4.78 is 14.8. The highest BCUT2D eigenvalue weighted by Gasteiger charge is 2.21. The summed E-state index contributed by atoms with van der Waals surface area (Å²) in [6.45, 7) is 5.94. The quantitative estimate of drug-likeness (QED) is 0.922. The number of hydrogen-bond acceptors (Lipinski definition) is 3. The zero-order valence-electron chi connectivity index (χ0n) is 13.7. The van der Waals surface area contributed by atoms with Gasteiger partial charge in [0.1, 0.15) is 5.82 Å². The second kappa shape index (κ2) is 7.23. The third-order valence-corrected chi connectivity index (χ3v) is 4.73. The van der Waals surface area contributed by atoms with Gasteiger partial charge in [-0.2, -0.15) is 5.10 Å². The van der Waals surface area contributed by atoms with Crippen LogP contribution in [-0.2, 0) is 13.1 Å². The van der Waals surface area contributed by atoms with Crippen molar-refractivity contribution in [2.24, 2.45) is 11.7 Å². The van der Waals surface area contributed by atoms with Gasteiger partial charge in [-0.25, -0.2) is 4.39 Å². The molecule has 0 saturated carbocycles. The average Bonchev–Trinajstić information content (AvgIpc) is 2.97. The van der Waals surface area contributed by atoms with E-state index in [2.05, 4.69) is 23.1 Å². The van der Waals surface area contributed by atoms with E-state index >= 15 is 0 Å². The van der Waals surface area contributed by atoms with Crippen LogP contribution in [0.5, 0.6) is 0 Å². The van der Waals surface area contributed by atoms with E-state index in [9.17, 15) is 4.39 Å². The lowest BCUT2D eigenvalue weighted by Gasteiger charge is -2.33. The van der Waals surface area contributed by atoms with Crippen molar-refractivity contribution in [2.45, 2.75) is 38.9 Å². The molecule has 1 saturated heterocycles. The van der Waals surface area contributed by atoms with Crippen LogP contribution in [-0.4, -0.2) is 33.8 Å². The molecule has 0 aliphatic carbocycles. The van der Waals surface area contributed by atoms with Gasteiger partial charge in [0.15, 0.2) is 0 Å². The summed E-state index contributed by atoms with van der Waals surface area (Å²) in [5.74, 6) is 0.456. The van der Waals surface area contributed by atoms with Crippen molar-refractivity contribution in [3.05, 3.63) is 53.6 Å². The molecule has 5 heteroatoms. The van der Waals surface area contributed by atoms with Gasteiger partial charge in [-0.1, -0.05) is 12.1 Å². The summed E-state index contributed by atoms with van der Waals surface area (Å²) in [6, 6.07) is 6.88. The number of halogens is 1. The second-order valence-corrected chi connectivity index (χ2v) is 6.65. The summed E-state index contributed by atoms with van der Waals surface area (Å²) in [7, 11) is 0. The predicted octanol–water partition coefficient (Wildman–Crippen LogP) is 2.63. The van der Waals surface area contributed by atoms with Crippen LogP contribution in [0, 0.1) is 11.7 Å². The number of piperidine rings is 1. The van der Waals surface area contributed by atoms with E-state index in [0.29, 0.717) is 18.5 Å². The maximum atomic E-state index is 12.9. The Labute approximate surface area is 137 Å². The topological polar surface area (TPSA) is 47.1 Å². The fourth-order valence-electron chi connectivity index (χ4n) is 3.25. The lowest BCUT2D eigenvalue weighted by Crippen LogP contribution is -2.39. The maximum absolute atomic E-state index is 12.9. The molecule has 3 rings (SSSR count). The molecule has 124 valence electrons. The highest BCUT2D eigenvalue weighted by atomic mass is 19.1. The Kier molecular flexibility index (Phi) is 5.08. The minimum absolute atomic E-state index is 0.204. The van der Waals surface area contributed by atoms with Crippen LogP contribution in [0.2, 0.25) is 0 Å². The lowest BCUT2D eigenvalue weighted by molar-refractivity contribution is 0.165. The molecule has 23 heavy (non-hydrogen) atoms. The molecule has 1 aliphatic rings. The molecule has 2 N–H and O–H groups in total. The molecule has 1 aromatic heterocycles. The summed E-state index contributed by atoms with van der Waals surface area (Å²) in [5, 5.41) is 4.42. The van der Waals surface area contributed by atoms with Gasteiger partial charge in [-0.15, -0.1) is 0 Å². The standard InChI is InChI=1S/C18H25FN4/c1-14(20)17-6-8-22(9-7-17)11-16-10-21-23(13-16)12-15-2-4-18(19)5-3-15/h2-5,10,13-14,17H,6-9,11-12,20H2,1H3. The minimum Gasteiger partial charge on any atom is -0.328 e. The van der Waals surface area contributed by atoms with Crippen molar-refractivity contribution in [3.8, 4) is 0 Å². The Balaban J connectivity index is 1.52. The zero-order valence-corrected chi connectivity index (χ0v) is 13.7. The van der Waals surface area contributed by atoms with E-state index in [1.165, 1.54) is 30.5 Å². The minimum atomic E-state index is -0.204. The van der Waals surface area contributed by atoms with Gasteiger partial charge in [-0.05, 0) is 56.5 Å². The molecule has 1 aromatic carbocycles. The van der Waals surface area contributed by atoms with Crippen LogP contribution < -0.4 is 5.73 Å². The van der Waals surface area contributed by atoms with Crippen molar-refractivity contribution in [1.82, 2.24) is 14.7 Å². The van der Waals surface area contributed by atoms with Gasteiger partial charge in [0, 0.05) is 24.3 Å². The van der Waals surface area contributed by atoms with Crippen LogP contribution in [0.4, 0.5) is 4.39 Å². The number of hydrogen-bond donors (Lipinski definition) is 1. The van der Waals surface area contributed by atoms with Gasteiger partial charge in [0.2, 0.25) is 0 Å². The van der Waals surface area contributed by atoms with Crippen LogP contribution in [0.15, 0.2) is 36.7 Å². The van der Waals surface area contributed by atoms with Gasteiger partial charge in [0.05, 0.1) is 12.7 Å². The van der Waals surface area contributed by atoms with Gasteiger partial charge in [-0.3, -0.25) is 9.58 Å². The van der Waals surface area contributed by atoms with Crippen LogP contribution in [0.3, 0.4) is 0 Å². The van der Waals surface area contributed by atoms with Crippen molar-refractivity contribution < 1.29 is 4.39 Å². The average molecular weight is 316 g/mol. The van der Waals surface area contributed by atoms with E-state index in [1.54, 1.807) is 12.1 Å². The van der Waals surface area contributed by atoms with E-state index in [4.69, 9.17) is 5.73 Å². The van der Waals surface area contributed by atoms with Crippen LogP contribution >= 0.6 is 0 Å². The van der Waals surface area contributed by atoms with Crippen LogP contribution in [0.25, 0.3) is 0 Å².